The van der Waals surface area contributed by atoms with E-state index in [1.807, 2.05) is 68.5 Å². The molecule has 1 N–H and O–H groups in total. The van der Waals surface area contributed by atoms with Gasteiger partial charge in [0.25, 0.3) is 0 Å². The van der Waals surface area contributed by atoms with Gasteiger partial charge < -0.3 is 14.7 Å². The molecule has 1 amide bonds. The van der Waals surface area contributed by atoms with Crippen molar-refractivity contribution in [3.63, 3.8) is 0 Å². The van der Waals surface area contributed by atoms with E-state index in [2.05, 4.69) is 15.5 Å². The number of aromatic nitrogens is 4. The number of para-hydroxylation sites is 1. The van der Waals surface area contributed by atoms with Crippen molar-refractivity contribution in [2.24, 2.45) is 11.8 Å². The molecule has 9 heteroatoms. The molecular formula is C25H23N5O4. The van der Waals surface area contributed by atoms with Gasteiger partial charge >= 0.3 is 5.97 Å². The number of likely N-dealkylation sites (tertiary alicyclic amines) is 1. The average Bonchev–Trinajstić information content (AvgIpc) is 3.57. The SMILES string of the molecule is Cc1cccc(C)c1-n1nnnc1[C@H](c1ccccc1)N1C[C@@]23C=C[C@@H](O2)[C@H](C(=O)O)[C@@H]3C1=O. The first-order valence-corrected chi connectivity index (χ1v) is 11.2. The molecule has 9 nitrogen and oxygen atoms in total. The zero-order chi connectivity index (χ0) is 23.6. The van der Waals surface area contributed by atoms with Gasteiger partial charge in [-0.05, 0) is 41.0 Å². The molecule has 5 atom stereocenters. The Bertz CT molecular complexity index is 1320. The number of hydrogen-bond acceptors (Lipinski definition) is 6. The summed E-state index contributed by atoms with van der Waals surface area (Å²) in [6.45, 7) is 4.21. The Labute approximate surface area is 195 Å². The summed E-state index contributed by atoms with van der Waals surface area (Å²) in [6.07, 6.45) is 3.05. The number of hydrogen-bond donors (Lipinski definition) is 1. The fourth-order valence-electron chi connectivity index (χ4n) is 5.80. The number of tetrazole rings is 1. The lowest BCUT2D eigenvalue weighted by Gasteiger charge is -2.29. The van der Waals surface area contributed by atoms with Crippen LogP contribution in [0.4, 0.5) is 0 Å². The van der Waals surface area contributed by atoms with Crippen LogP contribution in [0, 0.1) is 25.7 Å². The number of fused-ring (bicyclic) bond motifs is 1. The molecule has 2 bridgehead atoms. The standard InChI is InChI=1S/C25H23N5O4/c1-14-7-6-8-15(2)20(14)30-22(26-27-28-30)21(16-9-4-3-5-10-16)29-13-25-12-11-17(34-25)18(24(32)33)19(25)23(29)31/h3-12,17-19,21H,13H2,1-2H3,(H,32,33)/t17-,18+,19-,21+,25-/m1/s1. The van der Waals surface area contributed by atoms with Gasteiger partial charge in [-0.15, -0.1) is 5.10 Å². The number of carboxylic acid groups (broad SMARTS) is 1. The quantitative estimate of drug-likeness (QED) is 0.585. The highest BCUT2D eigenvalue weighted by Gasteiger charge is 2.68. The summed E-state index contributed by atoms with van der Waals surface area (Å²) >= 11 is 0. The molecule has 3 aliphatic rings. The average molecular weight is 457 g/mol. The van der Waals surface area contributed by atoms with Crippen LogP contribution in [0.25, 0.3) is 5.69 Å². The summed E-state index contributed by atoms with van der Waals surface area (Å²) in [5, 5.41) is 22.5. The number of ether oxygens (including phenoxy) is 1. The topological polar surface area (TPSA) is 110 Å². The molecule has 0 aliphatic carbocycles. The second-order valence-electron chi connectivity index (χ2n) is 9.21. The van der Waals surface area contributed by atoms with E-state index in [0.717, 1.165) is 22.4 Å². The largest absolute Gasteiger partial charge is 0.481 e. The van der Waals surface area contributed by atoms with Gasteiger partial charge in [0.2, 0.25) is 5.91 Å². The van der Waals surface area contributed by atoms with Crippen LogP contribution in [0.15, 0.2) is 60.7 Å². The summed E-state index contributed by atoms with van der Waals surface area (Å²) in [5.74, 6) is -2.49. The van der Waals surface area contributed by atoms with E-state index in [-0.39, 0.29) is 12.5 Å². The minimum atomic E-state index is -1.02. The second kappa shape index (κ2) is 7.33. The Balaban J connectivity index is 1.50. The van der Waals surface area contributed by atoms with Crippen LogP contribution >= 0.6 is 0 Å². The first-order valence-electron chi connectivity index (χ1n) is 11.2. The van der Waals surface area contributed by atoms with E-state index < -0.39 is 35.6 Å². The van der Waals surface area contributed by atoms with Gasteiger partial charge in [0, 0.05) is 0 Å². The smallest absolute Gasteiger partial charge is 0.310 e. The van der Waals surface area contributed by atoms with Crippen LogP contribution < -0.4 is 0 Å². The van der Waals surface area contributed by atoms with Gasteiger partial charge in [0.1, 0.15) is 17.6 Å². The highest BCUT2D eigenvalue weighted by atomic mass is 16.5. The highest BCUT2D eigenvalue weighted by molar-refractivity contribution is 5.91. The van der Waals surface area contributed by atoms with Gasteiger partial charge in [0.05, 0.1) is 24.3 Å². The number of aryl methyl sites for hydroxylation is 2. The Morgan fingerprint density at radius 3 is 2.59 bits per heavy atom. The summed E-state index contributed by atoms with van der Waals surface area (Å²) in [5.41, 5.74) is 2.74. The zero-order valence-corrected chi connectivity index (χ0v) is 18.7. The van der Waals surface area contributed by atoms with Crippen LogP contribution in [0.5, 0.6) is 0 Å². The number of carboxylic acids is 1. The molecule has 0 saturated carbocycles. The molecule has 2 fully saturated rings. The minimum absolute atomic E-state index is 0.229. The minimum Gasteiger partial charge on any atom is -0.481 e. The Kier molecular flexibility index (Phi) is 4.47. The van der Waals surface area contributed by atoms with E-state index >= 15 is 0 Å². The van der Waals surface area contributed by atoms with E-state index in [1.54, 1.807) is 15.7 Å². The van der Waals surface area contributed by atoms with Crippen LogP contribution in [-0.4, -0.2) is 60.3 Å². The molecule has 6 rings (SSSR count). The van der Waals surface area contributed by atoms with Crippen molar-refractivity contribution in [2.75, 3.05) is 6.54 Å². The van der Waals surface area contributed by atoms with Crippen molar-refractivity contribution in [2.45, 2.75) is 31.6 Å². The van der Waals surface area contributed by atoms with Gasteiger partial charge in [-0.2, -0.15) is 4.68 Å². The van der Waals surface area contributed by atoms with E-state index in [4.69, 9.17) is 4.74 Å². The predicted molar refractivity (Wildman–Crippen MR) is 120 cm³/mol. The van der Waals surface area contributed by atoms with Crippen LogP contribution in [0.1, 0.15) is 28.6 Å². The maximum absolute atomic E-state index is 13.8. The number of nitrogens with zero attached hydrogens (tertiary/aromatic N) is 5. The third-order valence-corrected chi connectivity index (χ3v) is 7.23. The lowest BCUT2D eigenvalue weighted by Crippen LogP contribution is -2.39. The maximum Gasteiger partial charge on any atom is 0.310 e. The predicted octanol–water partition coefficient (Wildman–Crippen LogP) is 2.24. The Morgan fingerprint density at radius 2 is 1.88 bits per heavy atom. The number of carbonyl (C=O) groups is 2. The van der Waals surface area contributed by atoms with Gasteiger partial charge in [-0.1, -0.05) is 60.7 Å². The van der Waals surface area contributed by atoms with E-state index in [1.165, 1.54) is 0 Å². The first kappa shape index (κ1) is 20.7. The number of aliphatic carboxylic acids is 1. The molecule has 4 heterocycles. The summed E-state index contributed by atoms with van der Waals surface area (Å²) in [4.78, 5) is 27.6. The molecule has 2 aromatic carbocycles. The lowest BCUT2D eigenvalue weighted by atomic mass is 9.77. The number of amides is 1. The van der Waals surface area contributed by atoms with Crippen molar-refractivity contribution < 1.29 is 19.4 Å². The fourth-order valence-corrected chi connectivity index (χ4v) is 5.80. The summed E-state index contributed by atoms with van der Waals surface area (Å²) in [7, 11) is 0. The van der Waals surface area contributed by atoms with Crippen molar-refractivity contribution in [3.8, 4) is 5.69 Å². The van der Waals surface area contributed by atoms with Crippen molar-refractivity contribution in [3.05, 3.63) is 83.2 Å². The van der Waals surface area contributed by atoms with E-state index in [0.29, 0.717) is 5.82 Å². The van der Waals surface area contributed by atoms with E-state index in [9.17, 15) is 14.7 Å². The molecule has 1 spiro atoms. The second-order valence-corrected chi connectivity index (χ2v) is 9.21. The van der Waals surface area contributed by atoms with Crippen LogP contribution in [0.2, 0.25) is 0 Å². The molecule has 1 aromatic heterocycles. The molecule has 3 aromatic rings. The summed E-state index contributed by atoms with van der Waals surface area (Å²) in [6, 6.07) is 14.9. The first-order chi connectivity index (χ1) is 16.4. The third kappa shape index (κ3) is 2.80. The Morgan fingerprint density at radius 1 is 1.15 bits per heavy atom. The molecule has 172 valence electrons. The van der Waals surface area contributed by atoms with Gasteiger partial charge in [-0.25, -0.2) is 0 Å². The molecule has 0 radical (unpaired) electrons. The van der Waals surface area contributed by atoms with Crippen molar-refractivity contribution >= 4 is 11.9 Å². The van der Waals surface area contributed by atoms with Crippen molar-refractivity contribution in [1.29, 1.82) is 0 Å². The highest BCUT2D eigenvalue weighted by Crippen LogP contribution is 2.53. The zero-order valence-electron chi connectivity index (χ0n) is 18.7. The van der Waals surface area contributed by atoms with Gasteiger partial charge in [0.15, 0.2) is 5.82 Å². The maximum atomic E-state index is 13.8. The Hall–Kier alpha value is -3.85. The molecule has 0 unspecified atom stereocenters. The third-order valence-electron chi connectivity index (χ3n) is 7.23. The van der Waals surface area contributed by atoms with Gasteiger partial charge in [-0.3, -0.25) is 9.59 Å². The summed E-state index contributed by atoms with van der Waals surface area (Å²) < 4.78 is 7.79. The molecule has 34 heavy (non-hydrogen) atoms. The van der Waals surface area contributed by atoms with Crippen LogP contribution in [0.3, 0.4) is 0 Å². The molecule has 2 saturated heterocycles. The number of rotatable bonds is 5. The fraction of sp³-hybridized carbons (Fsp3) is 0.320. The van der Waals surface area contributed by atoms with Crippen molar-refractivity contribution in [1.82, 2.24) is 25.1 Å². The molecular weight excluding hydrogens is 434 g/mol. The number of carbonyl (C=O) groups excluding carboxylic acids is 1. The normalized spacial score (nSPS) is 27.9. The van der Waals surface area contributed by atoms with Crippen LogP contribution in [-0.2, 0) is 14.3 Å². The lowest BCUT2D eigenvalue weighted by molar-refractivity contribution is -0.148. The number of benzene rings is 2. The monoisotopic (exact) mass is 457 g/mol. The molecule has 3 aliphatic heterocycles.